The van der Waals surface area contributed by atoms with E-state index in [0.29, 0.717) is 18.5 Å². The Bertz CT molecular complexity index is 766. The summed E-state index contributed by atoms with van der Waals surface area (Å²) in [6.07, 6.45) is 2.36. The first-order valence-corrected chi connectivity index (χ1v) is 9.16. The second-order valence-corrected chi connectivity index (χ2v) is 7.62. The maximum atomic E-state index is 12.6. The van der Waals surface area contributed by atoms with Gasteiger partial charge in [-0.05, 0) is 49.9 Å². The minimum Gasteiger partial charge on any atom is -0.347 e. The minimum absolute atomic E-state index is 0.0743. The first-order valence-electron chi connectivity index (χ1n) is 9.16. The number of likely N-dealkylation sites (tertiary alicyclic amines) is 1. The minimum atomic E-state index is -0.334. The molecule has 0 spiro atoms. The molecular weight excluding hydrogens is 324 g/mol. The summed E-state index contributed by atoms with van der Waals surface area (Å²) in [6.45, 7) is 5.52. The van der Waals surface area contributed by atoms with Gasteiger partial charge in [0.2, 0.25) is 5.91 Å². The van der Waals surface area contributed by atoms with Gasteiger partial charge in [-0.2, -0.15) is 0 Å². The number of rotatable bonds is 6. The molecule has 0 bridgehead atoms. The standard InChI is InChI=1S/C22H26N2O2/c1-22(2,15-17-7-4-3-5-8-17)23-21(26)19-12-10-18(11-13-19)16-24-14-6-9-20(24)25/h3-5,7-8,10-13H,6,9,14-16H2,1-2H3,(H,23,26). The van der Waals surface area contributed by atoms with Crippen molar-refractivity contribution in [3.63, 3.8) is 0 Å². The van der Waals surface area contributed by atoms with Gasteiger partial charge in [-0.25, -0.2) is 0 Å². The largest absolute Gasteiger partial charge is 0.347 e. The molecule has 0 aliphatic carbocycles. The van der Waals surface area contributed by atoms with Gasteiger partial charge in [-0.15, -0.1) is 0 Å². The van der Waals surface area contributed by atoms with Crippen molar-refractivity contribution in [1.82, 2.24) is 10.2 Å². The molecule has 0 atom stereocenters. The molecule has 26 heavy (non-hydrogen) atoms. The van der Waals surface area contributed by atoms with Crippen LogP contribution in [-0.2, 0) is 17.8 Å². The predicted octanol–water partition coefficient (Wildman–Crippen LogP) is 3.56. The zero-order valence-electron chi connectivity index (χ0n) is 15.5. The van der Waals surface area contributed by atoms with Crippen LogP contribution in [0.15, 0.2) is 54.6 Å². The first-order chi connectivity index (χ1) is 12.4. The molecule has 2 aromatic rings. The molecule has 2 aromatic carbocycles. The molecule has 3 rings (SSSR count). The summed E-state index contributed by atoms with van der Waals surface area (Å²) in [7, 11) is 0. The summed E-state index contributed by atoms with van der Waals surface area (Å²) >= 11 is 0. The average Bonchev–Trinajstić information content (AvgIpc) is 3.00. The van der Waals surface area contributed by atoms with E-state index in [1.807, 2.05) is 61.2 Å². The number of nitrogens with one attached hydrogen (secondary N) is 1. The van der Waals surface area contributed by atoms with Crippen LogP contribution in [-0.4, -0.2) is 28.8 Å². The van der Waals surface area contributed by atoms with Crippen molar-refractivity contribution in [2.24, 2.45) is 0 Å². The number of nitrogens with zero attached hydrogens (tertiary/aromatic N) is 1. The zero-order valence-corrected chi connectivity index (χ0v) is 15.5. The lowest BCUT2D eigenvalue weighted by Gasteiger charge is -2.26. The molecule has 1 aliphatic rings. The predicted molar refractivity (Wildman–Crippen MR) is 103 cm³/mol. The second-order valence-electron chi connectivity index (χ2n) is 7.62. The lowest BCUT2D eigenvalue weighted by atomic mass is 9.94. The quantitative estimate of drug-likeness (QED) is 0.866. The maximum Gasteiger partial charge on any atom is 0.251 e. The molecule has 0 aromatic heterocycles. The van der Waals surface area contributed by atoms with Crippen LogP contribution in [0.2, 0.25) is 0 Å². The Labute approximate surface area is 155 Å². The van der Waals surface area contributed by atoms with Crippen molar-refractivity contribution >= 4 is 11.8 Å². The van der Waals surface area contributed by atoms with Crippen molar-refractivity contribution in [2.45, 2.75) is 45.2 Å². The van der Waals surface area contributed by atoms with E-state index in [1.54, 1.807) is 0 Å². The molecule has 1 heterocycles. The topological polar surface area (TPSA) is 49.4 Å². The fourth-order valence-corrected chi connectivity index (χ4v) is 3.38. The highest BCUT2D eigenvalue weighted by molar-refractivity contribution is 5.94. The van der Waals surface area contributed by atoms with Gasteiger partial charge in [0, 0.05) is 30.6 Å². The van der Waals surface area contributed by atoms with Crippen LogP contribution in [0.1, 0.15) is 48.2 Å². The highest BCUT2D eigenvalue weighted by Crippen LogP contribution is 2.16. The molecule has 1 aliphatic heterocycles. The molecule has 0 radical (unpaired) electrons. The molecule has 0 saturated carbocycles. The summed E-state index contributed by atoms with van der Waals surface area (Å²) in [5.74, 6) is 0.143. The second kappa shape index (κ2) is 7.73. The zero-order chi connectivity index (χ0) is 18.6. The molecule has 4 nitrogen and oxygen atoms in total. The number of amides is 2. The Morgan fingerprint density at radius 3 is 2.35 bits per heavy atom. The molecule has 0 unspecified atom stereocenters. The van der Waals surface area contributed by atoms with Crippen molar-refractivity contribution < 1.29 is 9.59 Å². The molecule has 1 fully saturated rings. The van der Waals surface area contributed by atoms with Gasteiger partial charge in [-0.3, -0.25) is 9.59 Å². The van der Waals surface area contributed by atoms with Crippen LogP contribution in [0.4, 0.5) is 0 Å². The monoisotopic (exact) mass is 350 g/mol. The molecule has 2 amide bonds. The summed E-state index contributed by atoms with van der Waals surface area (Å²) in [6, 6.07) is 17.7. The van der Waals surface area contributed by atoms with Crippen molar-refractivity contribution in [3.8, 4) is 0 Å². The van der Waals surface area contributed by atoms with E-state index in [1.165, 1.54) is 5.56 Å². The number of hydrogen-bond donors (Lipinski definition) is 1. The van der Waals surface area contributed by atoms with Crippen LogP contribution in [0, 0.1) is 0 Å². The van der Waals surface area contributed by atoms with Gasteiger partial charge in [0.05, 0.1) is 0 Å². The van der Waals surface area contributed by atoms with E-state index in [-0.39, 0.29) is 17.4 Å². The highest BCUT2D eigenvalue weighted by Gasteiger charge is 2.22. The summed E-state index contributed by atoms with van der Waals surface area (Å²) in [5, 5.41) is 3.12. The van der Waals surface area contributed by atoms with E-state index in [4.69, 9.17) is 0 Å². The lowest BCUT2D eigenvalue weighted by molar-refractivity contribution is -0.128. The van der Waals surface area contributed by atoms with Gasteiger partial charge in [0.15, 0.2) is 0 Å². The molecule has 4 heteroatoms. The van der Waals surface area contributed by atoms with E-state index < -0.39 is 0 Å². The fourth-order valence-electron chi connectivity index (χ4n) is 3.38. The van der Waals surface area contributed by atoms with Crippen LogP contribution < -0.4 is 5.32 Å². The third-order valence-corrected chi connectivity index (χ3v) is 4.70. The van der Waals surface area contributed by atoms with Crippen molar-refractivity contribution in [1.29, 1.82) is 0 Å². The summed E-state index contributed by atoms with van der Waals surface area (Å²) in [5.41, 5.74) is 2.56. The van der Waals surface area contributed by atoms with Crippen LogP contribution >= 0.6 is 0 Å². The molecule has 1 saturated heterocycles. The normalized spacial score (nSPS) is 14.5. The van der Waals surface area contributed by atoms with Crippen LogP contribution in [0.25, 0.3) is 0 Å². The smallest absolute Gasteiger partial charge is 0.251 e. The molecular formula is C22H26N2O2. The van der Waals surface area contributed by atoms with E-state index in [2.05, 4.69) is 17.4 Å². The molecule has 1 N–H and O–H groups in total. The van der Waals surface area contributed by atoms with E-state index in [0.717, 1.165) is 24.9 Å². The summed E-state index contributed by atoms with van der Waals surface area (Å²) < 4.78 is 0. The van der Waals surface area contributed by atoms with Gasteiger partial charge >= 0.3 is 0 Å². The molecule has 136 valence electrons. The number of hydrogen-bond acceptors (Lipinski definition) is 2. The Balaban J connectivity index is 1.59. The van der Waals surface area contributed by atoms with Crippen molar-refractivity contribution in [3.05, 3.63) is 71.3 Å². The Morgan fingerprint density at radius 2 is 1.73 bits per heavy atom. The summed E-state index contributed by atoms with van der Waals surface area (Å²) in [4.78, 5) is 26.2. The Kier molecular flexibility index (Phi) is 5.40. The van der Waals surface area contributed by atoms with E-state index in [9.17, 15) is 9.59 Å². The van der Waals surface area contributed by atoms with Crippen LogP contribution in [0.3, 0.4) is 0 Å². The lowest BCUT2D eigenvalue weighted by Crippen LogP contribution is -2.45. The SMILES string of the molecule is CC(C)(Cc1ccccc1)NC(=O)c1ccc(CN2CCCC2=O)cc1. The fraction of sp³-hybridized carbons (Fsp3) is 0.364. The number of benzene rings is 2. The maximum absolute atomic E-state index is 12.6. The number of carbonyl (C=O) groups excluding carboxylic acids is 2. The Morgan fingerprint density at radius 1 is 1.04 bits per heavy atom. The van der Waals surface area contributed by atoms with Gasteiger partial charge < -0.3 is 10.2 Å². The third-order valence-electron chi connectivity index (χ3n) is 4.70. The van der Waals surface area contributed by atoms with Gasteiger partial charge in [-0.1, -0.05) is 42.5 Å². The first kappa shape index (κ1) is 18.2. The van der Waals surface area contributed by atoms with Crippen LogP contribution in [0.5, 0.6) is 0 Å². The highest BCUT2D eigenvalue weighted by atomic mass is 16.2. The third kappa shape index (κ3) is 4.72. The average molecular weight is 350 g/mol. The Hall–Kier alpha value is -2.62. The van der Waals surface area contributed by atoms with E-state index >= 15 is 0 Å². The van der Waals surface area contributed by atoms with Gasteiger partial charge in [0.25, 0.3) is 5.91 Å². The van der Waals surface area contributed by atoms with Crippen molar-refractivity contribution in [2.75, 3.05) is 6.54 Å². The number of carbonyl (C=O) groups is 2. The van der Waals surface area contributed by atoms with Gasteiger partial charge in [0.1, 0.15) is 0 Å².